The fourth-order valence-electron chi connectivity index (χ4n) is 3.58. The van der Waals surface area contributed by atoms with E-state index in [1.807, 2.05) is 0 Å². The molecule has 2 heterocycles. The summed E-state index contributed by atoms with van der Waals surface area (Å²) in [5.41, 5.74) is 3.45. The third-order valence-electron chi connectivity index (χ3n) is 5.20. The maximum atomic E-state index is 14.9. The largest absolute Gasteiger partial charge is 0.444 e. The summed E-state index contributed by atoms with van der Waals surface area (Å²) >= 11 is 0. The number of rotatable bonds is 8. The van der Waals surface area contributed by atoms with Gasteiger partial charge in [-0.25, -0.2) is 23.0 Å². The molecule has 3 rings (SSSR count). The Hall–Kier alpha value is -2.28. The van der Waals surface area contributed by atoms with E-state index in [0.717, 1.165) is 4.41 Å². The van der Waals surface area contributed by atoms with Crippen LogP contribution in [0.4, 0.5) is 20.6 Å². The zero-order valence-electron chi connectivity index (χ0n) is 17.3. The number of amides is 1. The standard InChI is InChI=1S/C19H27FN4O6S/c1-14(26)2-4-16-13-23(19(27)30-16)15-3-5-18(17(20)12-15)22-7-6-21-24(9-8-22)31(28,29)11-10-25/h3,5,12,16,21,25H,2,4,6-11,13H2,1H3/t16-/m0/s1. The fourth-order valence-corrected chi connectivity index (χ4v) is 4.68. The van der Waals surface area contributed by atoms with Crippen LogP contribution >= 0.6 is 0 Å². The number of ether oxygens (including phenoxy) is 1. The Bertz CT molecular complexity index is 928. The molecule has 1 atom stereocenters. The molecule has 2 saturated heterocycles. The van der Waals surface area contributed by atoms with Crippen molar-refractivity contribution in [3.63, 3.8) is 0 Å². The summed E-state index contributed by atoms with van der Waals surface area (Å²) in [6, 6.07) is 4.42. The van der Waals surface area contributed by atoms with Crippen molar-refractivity contribution in [2.75, 3.05) is 54.9 Å². The van der Waals surface area contributed by atoms with Crippen LogP contribution < -0.4 is 15.2 Å². The van der Waals surface area contributed by atoms with E-state index in [4.69, 9.17) is 9.84 Å². The Morgan fingerprint density at radius 2 is 2.10 bits per heavy atom. The molecule has 1 aromatic rings. The number of carbonyl (C=O) groups is 2. The molecule has 0 saturated carbocycles. The third kappa shape index (κ3) is 5.70. The van der Waals surface area contributed by atoms with Crippen molar-refractivity contribution >= 4 is 33.3 Å². The predicted octanol–water partition coefficient (Wildman–Crippen LogP) is 0.469. The molecule has 172 valence electrons. The van der Waals surface area contributed by atoms with Crippen LogP contribution in [-0.4, -0.2) is 81.0 Å². The number of Topliss-reactive ketones (excluding diaryl/α,β-unsaturated/α-hetero) is 1. The number of halogens is 1. The van der Waals surface area contributed by atoms with Crippen molar-refractivity contribution in [1.82, 2.24) is 9.84 Å². The Morgan fingerprint density at radius 1 is 1.32 bits per heavy atom. The van der Waals surface area contributed by atoms with Gasteiger partial charge >= 0.3 is 6.09 Å². The van der Waals surface area contributed by atoms with E-state index in [0.29, 0.717) is 30.8 Å². The molecule has 0 spiro atoms. The van der Waals surface area contributed by atoms with Gasteiger partial charge in [0.2, 0.25) is 10.0 Å². The molecule has 0 unspecified atom stereocenters. The topological polar surface area (TPSA) is 119 Å². The minimum absolute atomic E-state index is 0.0135. The lowest BCUT2D eigenvalue weighted by Gasteiger charge is -2.24. The normalized spacial score (nSPS) is 20.6. The highest BCUT2D eigenvalue weighted by Gasteiger charge is 2.33. The molecule has 12 heteroatoms. The smallest absolute Gasteiger partial charge is 0.414 e. The van der Waals surface area contributed by atoms with E-state index in [2.05, 4.69) is 5.43 Å². The van der Waals surface area contributed by atoms with Gasteiger partial charge in [-0.1, -0.05) is 0 Å². The van der Waals surface area contributed by atoms with Crippen LogP contribution in [0.25, 0.3) is 0 Å². The van der Waals surface area contributed by atoms with Gasteiger partial charge in [-0.3, -0.25) is 4.90 Å². The van der Waals surface area contributed by atoms with Gasteiger partial charge in [0, 0.05) is 32.6 Å². The number of cyclic esters (lactones) is 1. The predicted molar refractivity (Wildman–Crippen MR) is 112 cm³/mol. The zero-order chi connectivity index (χ0) is 22.6. The molecule has 0 aromatic heterocycles. The number of nitrogens with zero attached hydrogens (tertiary/aromatic N) is 3. The Balaban J connectivity index is 1.67. The van der Waals surface area contributed by atoms with Crippen LogP contribution in [0.1, 0.15) is 19.8 Å². The van der Waals surface area contributed by atoms with Gasteiger partial charge in [0.25, 0.3) is 0 Å². The van der Waals surface area contributed by atoms with E-state index in [1.54, 1.807) is 17.0 Å². The lowest BCUT2D eigenvalue weighted by atomic mass is 10.1. The highest BCUT2D eigenvalue weighted by molar-refractivity contribution is 7.89. The Morgan fingerprint density at radius 3 is 2.77 bits per heavy atom. The molecule has 2 aliphatic rings. The van der Waals surface area contributed by atoms with E-state index < -0.39 is 34.6 Å². The van der Waals surface area contributed by atoms with Crippen LogP contribution in [-0.2, 0) is 19.6 Å². The molecular weight excluding hydrogens is 431 g/mol. The second-order valence-corrected chi connectivity index (χ2v) is 9.51. The number of nitrogens with one attached hydrogen (secondary N) is 1. The number of aliphatic hydroxyl groups is 1. The number of hydrogen-bond acceptors (Lipinski definition) is 8. The van der Waals surface area contributed by atoms with Crippen molar-refractivity contribution < 1.29 is 32.2 Å². The molecular formula is C19H27FN4O6S. The van der Waals surface area contributed by atoms with Gasteiger partial charge in [-0.05, 0) is 31.5 Å². The van der Waals surface area contributed by atoms with E-state index in [9.17, 15) is 22.4 Å². The first-order valence-electron chi connectivity index (χ1n) is 10.1. The van der Waals surface area contributed by atoms with E-state index >= 15 is 0 Å². The molecule has 2 N–H and O–H groups in total. The number of hydrazine groups is 1. The number of sulfonamides is 1. The van der Waals surface area contributed by atoms with Crippen molar-refractivity contribution in [3.8, 4) is 0 Å². The first-order chi connectivity index (χ1) is 14.7. The summed E-state index contributed by atoms with van der Waals surface area (Å²) in [5.74, 6) is -0.911. The third-order valence-corrected chi connectivity index (χ3v) is 6.89. The summed E-state index contributed by atoms with van der Waals surface area (Å²) in [7, 11) is -3.64. The number of aliphatic hydroxyl groups excluding tert-OH is 1. The van der Waals surface area contributed by atoms with Crippen LogP contribution in [0.3, 0.4) is 0 Å². The molecule has 2 aliphatic heterocycles. The number of ketones is 1. The number of carbonyl (C=O) groups excluding carboxylic acids is 2. The fraction of sp³-hybridized carbons (Fsp3) is 0.579. The zero-order valence-corrected chi connectivity index (χ0v) is 18.1. The first-order valence-corrected chi connectivity index (χ1v) is 11.7. The highest BCUT2D eigenvalue weighted by Crippen LogP contribution is 2.29. The Labute approximate surface area is 180 Å². The van der Waals surface area contributed by atoms with Crippen LogP contribution in [0.2, 0.25) is 0 Å². The summed E-state index contributed by atoms with van der Waals surface area (Å²) in [5, 5.41) is 8.93. The summed E-state index contributed by atoms with van der Waals surface area (Å²) in [6.45, 7) is 2.25. The average Bonchev–Trinajstić information content (AvgIpc) is 2.90. The first kappa shape index (κ1) is 23.4. The summed E-state index contributed by atoms with van der Waals surface area (Å²) < 4.78 is 45.5. The summed E-state index contributed by atoms with van der Waals surface area (Å²) in [4.78, 5) is 26.4. The molecule has 1 aromatic carbocycles. The van der Waals surface area contributed by atoms with Crippen LogP contribution in [0.5, 0.6) is 0 Å². The minimum atomic E-state index is -3.64. The Kier molecular flexibility index (Phi) is 7.46. The van der Waals surface area contributed by atoms with Gasteiger partial charge < -0.3 is 19.5 Å². The van der Waals surface area contributed by atoms with Crippen molar-refractivity contribution in [2.45, 2.75) is 25.9 Å². The van der Waals surface area contributed by atoms with Crippen LogP contribution in [0, 0.1) is 5.82 Å². The second-order valence-electron chi connectivity index (χ2n) is 7.50. The van der Waals surface area contributed by atoms with Crippen LogP contribution in [0.15, 0.2) is 18.2 Å². The molecule has 10 nitrogen and oxygen atoms in total. The van der Waals surface area contributed by atoms with E-state index in [-0.39, 0.29) is 37.7 Å². The second kappa shape index (κ2) is 9.90. The molecule has 0 bridgehead atoms. The highest BCUT2D eigenvalue weighted by atomic mass is 32.2. The van der Waals surface area contributed by atoms with Crippen molar-refractivity contribution in [3.05, 3.63) is 24.0 Å². The van der Waals surface area contributed by atoms with Crippen molar-refractivity contribution in [2.24, 2.45) is 0 Å². The number of hydrogen-bond donors (Lipinski definition) is 2. The van der Waals surface area contributed by atoms with Gasteiger partial charge in [0.1, 0.15) is 17.7 Å². The molecule has 2 fully saturated rings. The maximum absolute atomic E-state index is 14.9. The summed E-state index contributed by atoms with van der Waals surface area (Å²) in [6.07, 6.45) is -0.256. The monoisotopic (exact) mass is 458 g/mol. The van der Waals surface area contributed by atoms with Gasteiger partial charge in [-0.15, -0.1) is 4.41 Å². The van der Waals surface area contributed by atoms with Gasteiger partial charge in [-0.2, -0.15) is 0 Å². The van der Waals surface area contributed by atoms with Gasteiger partial charge in [0.05, 0.1) is 30.3 Å². The number of benzene rings is 1. The molecule has 0 aliphatic carbocycles. The molecule has 1 amide bonds. The van der Waals surface area contributed by atoms with E-state index in [1.165, 1.54) is 17.9 Å². The minimum Gasteiger partial charge on any atom is -0.444 e. The van der Waals surface area contributed by atoms with Gasteiger partial charge in [0.15, 0.2) is 0 Å². The quantitative estimate of drug-likeness (QED) is 0.577. The molecule has 31 heavy (non-hydrogen) atoms. The average molecular weight is 459 g/mol. The van der Waals surface area contributed by atoms with Crippen molar-refractivity contribution in [1.29, 1.82) is 0 Å². The lowest BCUT2D eigenvalue weighted by molar-refractivity contribution is -0.117. The molecule has 0 radical (unpaired) electrons. The SMILES string of the molecule is CC(=O)CC[C@H]1CN(c2ccc(N3CCNN(S(=O)(=O)CCO)CC3)c(F)c2)C(=O)O1. The lowest BCUT2D eigenvalue weighted by Crippen LogP contribution is -2.45. The maximum Gasteiger partial charge on any atom is 0.414 e. The number of anilines is 2.